The molecule has 0 unspecified atom stereocenters. The molecule has 0 aliphatic carbocycles. The van der Waals surface area contributed by atoms with Crippen LogP contribution in [0.15, 0.2) is 18.2 Å². The lowest BCUT2D eigenvalue weighted by molar-refractivity contribution is 0.305. The van der Waals surface area contributed by atoms with Crippen molar-refractivity contribution in [3.63, 3.8) is 0 Å². The molecule has 0 saturated heterocycles. The zero-order valence-corrected chi connectivity index (χ0v) is 12.6. The van der Waals surface area contributed by atoms with Crippen molar-refractivity contribution in [3.8, 4) is 5.75 Å². The zero-order chi connectivity index (χ0) is 13.9. The average molecular weight is 263 g/mol. The number of unbranched alkanes of at least 4 members (excludes halogenated alkanes) is 7. The summed E-state index contributed by atoms with van der Waals surface area (Å²) in [5.74, 6) is 0.836. The molecular formula is C17H29NO. The van der Waals surface area contributed by atoms with Crippen LogP contribution in [0.25, 0.3) is 0 Å². The van der Waals surface area contributed by atoms with Crippen LogP contribution >= 0.6 is 0 Å². The van der Waals surface area contributed by atoms with E-state index in [1.165, 1.54) is 44.9 Å². The predicted molar refractivity (Wildman–Crippen MR) is 83.7 cm³/mol. The van der Waals surface area contributed by atoms with Gasteiger partial charge in [0.25, 0.3) is 0 Å². The Labute approximate surface area is 118 Å². The fourth-order valence-electron chi connectivity index (χ4n) is 2.20. The SMILES string of the molecule is CCCCCCCCCCOc1cccc(C)c1N. The highest BCUT2D eigenvalue weighted by atomic mass is 16.5. The van der Waals surface area contributed by atoms with Gasteiger partial charge in [0.2, 0.25) is 0 Å². The molecule has 0 heterocycles. The Kier molecular flexibility index (Phi) is 8.11. The highest BCUT2D eigenvalue weighted by molar-refractivity contribution is 5.57. The summed E-state index contributed by atoms with van der Waals surface area (Å²) in [6, 6.07) is 5.96. The number of hydrogen-bond acceptors (Lipinski definition) is 2. The fourth-order valence-corrected chi connectivity index (χ4v) is 2.20. The minimum Gasteiger partial charge on any atom is -0.491 e. The molecule has 0 bridgehead atoms. The molecule has 1 aromatic carbocycles. The summed E-state index contributed by atoms with van der Waals surface area (Å²) >= 11 is 0. The summed E-state index contributed by atoms with van der Waals surface area (Å²) < 4.78 is 5.74. The van der Waals surface area contributed by atoms with E-state index in [0.29, 0.717) is 0 Å². The number of aryl methyl sites for hydroxylation is 1. The molecule has 0 atom stereocenters. The Bertz CT molecular complexity index is 349. The summed E-state index contributed by atoms with van der Waals surface area (Å²) in [6.45, 7) is 5.05. The third kappa shape index (κ3) is 6.51. The summed E-state index contributed by atoms with van der Waals surface area (Å²) in [5, 5.41) is 0. The first kappa shape index (κ1) is 15.9. The number of hydrogen-bond donors (Lipinski definition) is 1. The fraction of sp³-hybridized carbons (Fsp3) is 0.647. The summed E-state index contributed by atoms with van der Waals surface area (Å²) in [7, 11) is 0. The molecule has 0 radical (unpaired) electrons. The number of nitrogen functional groups attached to an aromatic ring is 1. The highest BCUT2D eigenvalue weighted by Crippen LogP contribution is 2.24. The Morgan fingerprint density at radius 3 is 2.26 bits per heavy atom. The second kappa shape index (κ2) is 9.71. The standard InChI is InChI=1S/C17H29NO/c1-3-4-5-6-7-8-9-10-14-19-16-13-11-12-15(2)17(16)18/h11-13H,3-10,14,18H2,1-2H3. The van der Waals surface area contributed by atoms with Gasteiger partial charge in [-0.15, -0.1) is 0 Å². The van der Waals surface area contributed by atoms with Crippen LogP contribution < -0.4 is 10.5 Å². The lowest BCUT2D eigenvalue weighted by Gasteiger charge is -2.10. The molecule has 0 spiro atoms. The van der Waals surface area contributed by atoms with E-state index in [0.717, 1.165) is 30.0 Å². The number of benzene rings is 1. The van der Waals surface area contributed by atoms with Gasteiger partial charge in [-0.05, 0) is 25.0 Å². The molecule has 1 rings (SSSR count). The highest BCUT2D eigenvalue weighted by Gasteiger charge is 2.01. The van der Waals surface area contributed by atoms with Crippen molar-refractivity contribution in [1.29, 1.82) is 0 Å². The number of ether oxygens (including phenoxy) is 1. The topological polar surface area (TPSA) is 35.2 Å². The molecule has 2 N–H and O–H groups in total. The van der Waals surface area contributed by atoms with Gasteiger partial charge in [0.1, 0.15) is 5.75 Å². The van der Waals surface area contributed by atoms with Crippen LogP contribution in [0.2, 0.25) is 0 Å². The molecule has 0 aromatic heterocycles. The van der Waals surface area contributed by atoms with E-state index in [1.54, 1.807) is 0 Å². The molecule has 0 aliphatic heterocycles. The van der Waals surface area contributed by atoms with Gasteiger partial charge in [0.05, 0.1) is 12.3 Å². The Morgan fingerprint density at radius 1 is 0.947 bits per heavy atom. The van der Waals surface area contributed by atoms with Gasteiger partial charge in [-0.3, -0.25) is 0 Å². The molecule has 2 heteroatoms. The minimum absolute atomic E-state index is 0.780. The molecule has 0 amide bonds. The van der Waals surface area contributed by atoms with Crippen LogP contribution in [0, 0.1) is 6.92 Å². The third-order valence-corrected chi connectivity index (χ3v) is 3.54. The maximum Gasteiger partial charge on any atom is 0.142 e. The van der Waals surface area contributed by atoms with E-state index in [9.17, 15) is 0 Å². The monoisotopic (exact) mass is 263 g/mol. The summed E-state index contributed by atoms with van der Waals surface area (Å²) in [6.07, 6.45) is 10.6. The van der Waals surface area contributed by atoms with Gasteiger partial charge in [0.15, 0.2) is 0 Å². The smallest absolute Gasteiger partial charge is 0.142 e. The van der Waals surface area contributed by atoms with E-state index in [-0.39, 0.29) is 0 Å². The van der Waals surface area contributed by atoms with Crippen molar-refractivity contribution in [1.82, 2.24) is 0 Å². The van der Waals surface area contributed by atoms with Crippen molar-refractivity contribution in [3.05, 3.63) is 23.8 Å². The van der Waals surface area contributed by atoms with Crippen LogP contribution in [0.3, 0.4) is 0 Å². The molecule has 0 saturated carbocycles. The second-order valence-electron chi connectivity index (χ2n) is 5.31. The Morgan fingerprint density at radius 2 is 1.58 bits per heavy atom. The molecular weight excluding hydrogens is 234 g/mol. The molecule has 0 fully saturated rings. The van der Waals surface area contributed by atoms with Crippen LogP contribution in [-0.2, 0) is 0 Å². The number of nitrogens with two attached hydrogens (primary N) is 1. The van der Waals surface area contributed by atoms with E-state index in [4.69, 9.17) is 10.5 Å². The van der Waals surface area contributed by atoms with E-state index in [1.807, 2.05) is 25.1 Å². The Balaban J connectivity index is 2.03. The van der Waals surface area contributed by atoms with E-state index >= 15 is 0 Å². The van der Waals surface area contributed by atoms with Crippen LogP contribution in [0.4, 0.5) is 5.69 Å². The van der Waals surface area contributed by atoms with E-state index in [2.05, 4.69) is 6.92 Å². The number of anilines is 1. The van der Waals surface area contributed by atoms with Crippen molar-refractivity contribution >= 4 is 5.69 Å². The molecule has 0 aliphatic rings. The van der Waals surface area contributed by atoms with Gasteiger partial charge in [-0.2, -0.15) is 0 Å². The first-order valence-corrected chi connectivity index (χ1v) is 7.73. The van der Waals surface area contributed by atoms with Crippen molar-refractivity contribution < 1.29 is 4.74 Å². The Hall–Kier alpha value is -1.18. The first-order chi connectivity index (χ1) is 9.25. The largest absolute Gasteiger partial charge is 0.491 e. The minimum atomic E-state index is 0.780. The average Bonchev–Trinajstić information content (AvgIpc) is 2.41. The molecule has 19 heavy (non-hydrogen) atoms. The zero-order valence-electron chi connectivity index (χ0n) is 12.6. The van der Waals surface area contributed by atoms with Crippen LogP contribution in [0.1, 0.15) is 63.9 Å². The van der Waals surface area contributed by atoms with Crippen molar-refractivity contribution in [2.75, 3.05) is 12.3 Å². The third-order valence-electron chi connectivity index (χ3n) is 3.54. The van der Waals surface area contributed by atoms with Crippen LogP contribution in [-0.4, -0.2) is 6.61 Å². The lowest BCUT2D eigenvalue weighted by Crippen LogP contribution is -2.01. The summed E-state index contributed by atoms with van der Waals surface area (Å²) in [5.41, 5.74) is 7.84. The van der Waals surface area contributed by atoms with Gasteiger partial charge in [-0.1, -0.05) is 64.0 Å². The number of rotatable bonds is 10. The van der Waals surface area contributed by atoms with E-state index < -0.39 is 0 Å². The van der Waals surface area contributed by atoms with Gasteiger partial charge >= 0.3 is 0 Å². The van der Waals surface area contributed by atoms with Gasteiger partial charge < -0.3 is 10.5 Å². The lowest BCUT2D eigenvalue weighted by atomic mass is 10.1. The van der Waals surface area contributed by atoms with Crippen LogP contribution in [0.5, 0.6) is 5.75 Å². The maximum atomic E-state index is 5.97. The molecule has 108 valence electrons. The predicted octanol–water partition coefficient (Wildman–Crippen LogP) is 5.10. The molecule has 1 aromatic rings. The van der Waals surface area contributed by atoms with Crippen molar-refractivity contribution in [2.45, 2.75) is 65.2 Å². The van der Waals surface area contributed by atoms with Gasteiger partial charge in [0, 0.05) is 0 Å². The number of para-hydroxylation sites is 1. The first-order valence-electron chi connectivity index (χ1n) is 7.73. The van der Waals surface area contributed by atoms with Crippen molar-refractivity contribution in [2.24, 2.45) is 0 Å². The maximum absolute atomic E-state index is 5.97. The van der Waals surface area contributed by atoms with Gasteiger partial charge in [-0.25, -0.2) is 0 Å². The second-order valence-corrected chi connectivity index (χ2v) is 5.31. The quantitative estimate of drug-likeness (QED) is 0.471. The normalized spacial score (nSPS) is 10.6. The molecule has 2 nitrogen and oxygen atoms in total. The summed E-state index contributed by atoms with van der Waals surface area (Å²) in [4.78, 5) is 0.